The molecule has 3 rings (SSSR count). The fourth-order valence-corrected chi connectivity index (χ4v) is 3.08. The summed E-state index contributed by atoms with van der Waals surface area (Å²) < 4.78 is 1.50. The molecule has 0 radical (unpaired) electrons. The van der Waals surface area contributed by atoms with Crippen molar-refractivity contribution < 1.29 is 0 Å². The summed E-state index contributed by atoms with van der Waals surface area (Å²) in [6, 6.07) is 10.7. The number of aromatic nitrogens is 2. The van der Waals surface area contributed by atoms with Crippen molar-refractivity contribution in [1.29, 1.82) is 5.26 Å². The van der Waals surface area contributed by atoms with E-state index in [0.717, 1.165) is 24.9 Å². The summed E-state index contributed by atoms with van der Waals surface area (Å²) in [6.07, 6.45) is 1.85. The van der Waals surface area contributed by atoms with Gasteiger partial charge in [0.25, 0.3) is 5.56 Å². The molecule has 1 aromatic carbocycles. The number of nitrogens with zero attached hydrogens (tertiary/aromatic N) is 3. The van der Waals surface area contributed by atoms with Crippen LogP contribution in [0.1, 0.15) is 24.0 Å². The van der Waals surface area contributed by atoms with Crippen LogP contribution in [0.15, 0.2) is 39.9 Å². The zero-order chi connectivity index (χ0) is 17.1. The Balaban J connectivity index is 2.05. The molecule has 1 fully saturated rings. The van der Waals surface area contributed by atoms with E-state index in [-0.39, 0.29) is 12.6 Å². The molecule has 0 bridgehead atoms. The Morgan fingerprint density at radius 3 is 2.88 bits per heavy atom. The van der Waals surface area contributed by atoms with Crippen LogP contribution < -0.4 is 21.9 Å². The average Bonchev–Trinajstić information content (AvgIpc) is 2.57. The first-order chi connectivity index (χ1) is 11.6. The van der Waals surface area contributed by atoms with Gasteiger partial charge in [-0.05, 0) is 24.5 Å². The summed E-state index contributed by atoms with van der Waals surface area (Å²) in [5.74, 6) is 0.548. The van der Waals surface area contributed by atoms with E-state index < -0.39 is 11.2 Å². The van der Waals surface area contributed by atoms with Gasteiger partial charge in [-0.2, -0.15) is 5.26 Å². The van der Waals surface area contributed by atoms with Crippen molar-refractivity contribution in [1.82, 2.24) is 9.55 Å². The Hall–Kier alpha value is -2.85. The Labute approximate surface area is 139 Å². The largest absolute Gasteiger partial charge is 0.356 e. The van der Waals surface area contributed by atoms with E-state index in [1.807, 2.05) is 17.0 Å². The molecule has 0 unspecified atom stereocenters. The summed E-state index contributed by atoms with van der Waals surface area (Å²) in [4.78, 5) is 28.4. The predicted octanol–water partition coefficient (Wildman–Crippen LogP) is 0.384. The number of aromatic amines is 1. The molecule has 1 aliphatic heterocycles. The minimum absolute atomic E-state index is 0.0213. The first kappa shape index (κ1) is 16.0. The van der Waals surface area contributed by atoms with Crippen molar-refractivity contribution in [2.75, 3.05) is 18.0 Å². The highest BCUT2D eigenvalue weighted by atomic mass is 16.2. The highest BCUT2D eigenvalue weighted by Crippen LogP contribution is 2.18. The molecular weight excluding hydrogens is 306 g/mol. The van der Waals surface area contributed by atoms with Gasteiger partial charge < -0.3 is 10.6 Å². The predicted molar refractivity (Wildman–Crippen MR) is 91.0 cm³/mol. The molecule has 2 aromatic rings. The number of rotatable bonds is 3. The quantitative estimate of drug-likeness (QED) is 0.848. The summed E-state index contributed by atoms with van der Waals surface area (Å²) in [7, 11) is 0. The third-order valence-electron chi connectivity index (χ3n) is 4.26. The molecule has 0 aliphatic carbocycles. The Bertz CT molecular complexity index is 893. The molecule has 0 amide bonds. The first-order valence-electron chi connectivity index (χ1n) is 7.91. The molecule has 0 saturated carbocycles. The number of anilines is 1. The molecular formula is C17H19N5O2. The minimum Gasteiger partial charge on any atom is -0.356 e. The number of nitrogens with one attached hydrogen (secondary N) is 1. The lowest BCUT2D eigenvalue weighted by Gasteiger charge is -2.33. The van der Waals surface area contributed by atoms with Gasteiger partial charge in [0.1, 0.15) is 5.82 Å². The molecule has 1 aromatic heterocycles. The fourth-order valence-electron chi connectivity index (χ4n) is 3.08. The number of piperidine rings is 1. The zero-order valence-corrected chi connectivity index (χ0v) is 13.2. The van der Waals surface area contributed by atoms with Crippen LogP contribution in [0.25, 0.3) is 0 Å². The molecule has 0 spiro atoms. The van der Waals surface area contributed by atoms with Crippen molar-refractivity contribution >= 4 is 5.82 Å². The maximum Gasteiger partial charge on any atom is 0.330 e. The number of H-pyrrole nitrogens is 1. The second-order valence-electron chi connectivity index (χ2n) is 6.00. The number of hydrogen-bond acceptors (Lipinski definition) is 5. The van der Waals surface area contributed by atoms with Gasteiger partial charge >= 0.3 is 5.69 Å². The standard InChI is InChI=1S/C17H19N5O2/c18-9-12-4-1-2-5-13(12)10-22-16(8-15(23)20-17(22)24)21-7-3-6-14(19)11-21/h1-2,4-5,8,14H,3,6-7,10-11,19H2,(H,20,23,24)/t14-/m1/s1. The van der Waals surface area contributed by atoms with Crippen molar-refractivity contribution in [2.24, 2.45) is 5.73 Å². The normalized spacial score (nSPS) is 17.5. The maximum atomic E-state index is 12.4. The lowest BCUT2D eigenvalue weighted by atomic mass is 10.1. The third-order valence-corrected chi connectivity index (χ3v) is 4.26. The van der Waals surface area contributed by atoms with Crippen LogP contribution in [0, 0.1) is 11.3 Å². The van der Waals surface area contributed by atoms with E-state index >= 15 is 0 Å². The van der Waals surface area contributed by atoms with E-state index in [1.54, 1.807) is 12.1 Å². The Morgan fingerprint density at radius 2 is 2.12 bits per heavy atom. The SMILES string of the molecule is N#Cc1ccccc1Cn1c(N2CCC[C@@H](N)C2)cc(=O)[nH]c1=O. The number of nitrogens with two attached hydrogens (primary N) is 1. The third kappa shape index (κ3) is 3.24. The molecule has 1 saturated heterocycles. The molecule has 24 heavy (non-hydrogen) atoms. The molecule has 1 atom stereocenters. The van der Waals surface area contributed by atoms with Crippen LogP contribution >= 0.6 is 0 Å². The van der Waals surface area contributed by atoms with Crippen LogP contribution in [-0.4, -0.2) is 28.7 Å². The number of hydrogen-bond donors (Lipinski definition) is 2. The van der Waals surface area contributed by atoms with E-state index in [9.17, 15) is 14.9 Å². The molecule has 7 heteroatoms. The Morgan fingerprint density at radius 1 is 1.33 bits per heavy atom. The van der Waals surface area contributed by atoms with E-state index in [2.05, 4.69) is 11.1 Å². The summed E-state index contributed by atoms with van der Waals surface area (Å²) in [5, 5.41) is 9.24. The highest BCUT2D eigenvalue weighted by Gasteiger charge is 2.21. The van der Waals surface area contributed by atoms with Crippen molar-refractivity contribution in [2.45, 2.75) is 25.4 Å². The highest BCUT2D eigenvalue weighted by molar-refractivity contribution is 5.42. The summed E-state index contributed by atoms with van der Waals surface area (Å²) in [6.45, 7) is 1.57. The molecule has 1 aliphatic rings. The van der Waals surface area contributed by atoms with Gasteiger partial charge in [0, 0.05) is 25.2 Å². The monoisotopic (exact) mass is 325 g/mol. The van der Waals surface area contributed by atoms with Crippen molar-refractivity contribution in [3.63, 3.8) is 0 Å². The van der Waals surface area contributed by atoms with Gasteiger partial charge in [0.15, 0.2) is 0 Å². The van der Waals surface area contributed by atoms with E-state index in [0.29, 0.717) is 17.9 Å². The first-order valence-corrected chi connectivity index (χ1v) is 7.91. The number of nitriles is 1. The van der Waals surface area contributed by atoms with Crippen molar-refractivity contribution in [3.05, 3.63) is 62.3 Å². The van der Waals surface area contributed by atoms with Crippen LogP contribution in [0.3, 0.4) is 0 Å². The van der Waals surface area contributed by atoms with Gasteiger partial charge in [-0.15, -0.1) is 0 Å². The molecule has 124 valence electrons. The molecule has 7 nitrogen and oxygen atoms in total. The van der Waals surface area contributed by atoms with Crippen molar-refractivity contribution in [3.8, 4) is 6.07 Å². The fraction of sp³-hybridized carbons (Fsp3) is 0.353. The van der Waals surface area contributed by atoms with Crippen LogP contribution in [0.2, 0.25) is 0 Å². The van der Waals surface area contributed by atoms with Crippen LogP contribution in [0.5, 0.6) is 0 Å². The second kappa shape index (κ2) is 6.72. The van der Waals surface area contributed by atoms with Gasteiger partial charge in [-0.1, -0.05) is 18.2 Å². The van der Waals surface area contributed by atoms with Crippen LogP contribution in [-0.2, 0) is 6.54 Å². The average molecular weight is 325 g/mol. The second-order valence-corrected chi connectivity index (χ2v) is 6.00. The zero-order valence-electron chi connectivity index (χ0n) is 13.2. The van der Waals surface area contributed by atoms with Gasteiger partial charge in [-0.25, -0.2) is 4.79 Å². The number of benzene rings is 1. The molecule has 2 heterocycles. The Kier molecular flexibility index (Phi) is 4.49. The smallest absolute Gasteiger partial charge is 0.330 e. The lowest BCUT2D eigenvalue weighted by Crippen LogP contribution is -2.46. The topological polar surface area (TPSA) is 108 Å². The minimum atomic E-state index is -0.482. The van der Waals surface area contributed by atoms with Gasteiger partial charge in [-0.3, -0.25) is 14.3 Å². The summed E-state index contributed by atoms with van der Waals surface area (Å²) in [5.41, 5.74) is 6.36. The van der Waals surface area contributed by atoms with E-state index in [4.69, 9.17) is 5.73 Å². The van der Waals surface area contributed by atoms with Gasteiger partial charge in [0.05, 0.1) is 18.2 Å². The maximum absolute atomic E-state index is 12.4. The molecule has 3 N–H and O–H groups in total. The van der Waals surface area contributed by atoms with E-state index in [1.165, 1.54) is 10.6 Å². The summed E-state index contributed by atoms with van der Waals surface area (Å²) >= 11 is 0. The lowest BCUT2D eigenvalue weighted by molar-refractivity contribution is 0.494. The van der Waals surface area contributed by atoms with Gasteiger partial charge in [0.2, 0.25) is 0 Å². The van der Waals surface area contributed by atoms with Crippen LogP contribution in [0.4, 0.5) is 5.82 Å².